The summed E-state index contributed by atoms with van der Waals surface area (Å²) in [6.45, 7) is 0. The van der Waals surface area contributed by atoms with E-state index in [1.54, 1.807) is 12.4 Å². The molecule has 0 spiro atoms. The van der Waals surface area contributed by atoms with Crippen molar-refractivity contribution in [3.8, 4) is 39.3 Å². The van der Waals surface area contributed by atoms with Crippen LogP contribution in [-0.4, -0.2) is 14.5 Å². The Bertz CT molecular complexity index is 2520. The summed E-state index contributed by atoms with van der Waals surface area (Å²) in [5.41, 5.74) is 12.8. The zero-order valence-corrected chi connectivity index (χ0v) is 27.3. The molecule has 4 heteroatoms. The number of aromatic nitrogens is 3. The number of anilines is 3. The SMILES string of the molecule is c1ccc(-c2cccc(N(c3ccc(-c4nccnc4-c4ccccc4)cc3)c3ccc(-n4c5ccccc5c5ccccc54)cc3)c2)cc1. The number of nitrogens with zero attached hydrogens (tertiary/aromatic N) is 4. The molecule has 0 saturated heterocycles. The fourth-order valence-electron chi connectivity index (χ4n) is 6.98. The molecule has 0 amide bonds. The summed E-state index contributed by atoms with van der Waals surface area (Å²) in [4.78, 5) is 11.8. The highest BCUT2D eigenvalue weighted by Gasteiger charge is 2.17. The molecular weight excluding hydrogens is 609 g/mol. The quantitative estimate of drug-likeness (QED) is 0.174. The Morgan fingerprint density at radius 2 is 0.840 bits per heavy atom. The van der Waals surface area contributed by atoms with E-state index in [0.717, 1.165) is 45.3 Å². The Morgan fingerprint density at radius 1 is 0.360 bits per heavy atom. The molecule has 0 N–H and O–H groups in total. The van der Waals surface area contributed by atoms with E-state index in [9.17, 15) is 0 Å². The van der Waals surface area contributed by atoms with Gasteiger partial charge in [0.25, 0.3) is 0 Å². The molecule has 9 rings (SSSR count). The van der Waals surface area contributed by atoms with Crippen molar-refractivity contribution in [3.05, 3.63) is 194 Å². The number of fused-ring (bicyclic) bond motifs is 3. The topological polar surface area (TPSA) is 34.0 Å². The van der Waals surface area contributed by atoms with E-state index >= 15 is 0 Å². The molecule has 0 saturated carbocycles. The normalized spacial score (nSPS) is 11.2. The summed E-state index contributed by atoms with van der Waals surface area (Å²) < 4.78 is 2.36. The summed E-state index contributed by atoms with van der Waals surface area (Å²) in [6, 6.07) is 64.3. The minimum atomic E-state index is 0.860. The maximum absolute atomic E-state index is 4.76. The molecule has 236 valence electrons. The second-order valence-corrected chi connectivity index (χ2v) is 12.3. The first-order valence-corrected chi connectivity index (χ1v) is 16.8. The van der Waals surface area contributed by atoms with Gasteiger partial charge < -0.3 is 9.47 Å². The van der Waals surface area contributed by atoms with Crippen LogP contribution in [0.3, 0.4) is 0 Å². The van der Waals surface area contributed by atoms with Gasteiger partial charge in [-0.25, -0.2) is 0 Å². The second-order valence-electron chi connectivity index (χ2n) is 12.3. The maximum Gasteiger partial charge on any atom is 0.0965 e. The molecule has 0 fully saturated rings. The van der Waals surface area contributed by atoms with Gasteiger partial charge in [0.15, 0.2) is 0 Å². The maximum atomic E-state index is 4.76. The summed E-state index contributed by atoms with van der Waals surface area (Å²) >= 11 is 0. The van der Waals surface area contributed by atoms with E-state index in [0.29, 0.717) is 0 Å². The van der Waals surface area contributed by atoms with Crippen molar-refractivity contribution in [2.24, 2.45) is 0 Å². The smallest absolute Gasteiger partial charge is 0.0965 e. The molecule has 0 aliphatic rings. The molecule has 0 atom stereocenters. The van der Waals surface area contributed by atoms with Crippen LogP contribution in [0.4, 0.5) is 17.1 Å². The van der Waals surface area contributed by atoms with Crippen LogP contribution in [0.25, 0.3) is 61.1 Å². The van der Waals surface area contributed by atoms with Gasteiger partial charge in [-0.3, -0.25) is 9.97 Å². The molecule has 50 heavy (non-hydrogen) atoms. The highest BCUT2D eigenvalue weighted by molar-refractivity contribution is 6.09. The van der Waals surface area contributed by atoms with Crippen LogP contribution >= 0.6 is 0 Å². The van der Waals surface area contributed by atoms with E-state index in [1.165, 1.54) is 32.9 Å². The van der Waals surface area contributed by atoms with Gasteiger partial charge in [0, 0.05) is 57.0 Å². The fourth-order valence-corrected chi connectivity index (χ4v) is 6.98. The van der Waals surface area contributed by atoms with Crippen molar-refractivity contribution in [2.75, 3.05) is 4.90 Å². The van der Waals surface area contributed by atoms with Gasteiger partial charge in [0.05, 0.1) is 22.4 Å². The molecule has 0 bridgehead atoms. The highest BCUT2D eigenvalue weighted by atomic mass is 15.1. The van der Waals surface area contributed by atoms with Gasteiger partial charge >= 0.3 is 0 Å². The number of hydrogen-bond acceptors (Lipinski definition) is 3. The Hall–Kier alpha value is -6.78. The van der Waals surface area contributed by atoms with Gasteiger partial charge in [0.1, 0.15) is 0 Å². The van der Waals surface area contributed by atoms with E-state index in [1.807, 2.05) is 18.2 Å². The van der Waals surface area contributed by atoms with E-state index in [2.05, 4.69) is 173 Å². The van der Waals surface area contributed by atoms with E-state index in [4.69, 9.17) is 9.97 Å². The monoisotopic (exact) mass is 640 g/mol. The van der Waals surface area contributed by atoms with Gasteiger partial charge in [-0.15, -0.1) is 0 Å². The molecule has 2 heterocycles. The zero-order valence-electron chi connectivity index (χ0n) is 27.3. The van der Waals surface area contributed by atoms with Crippen molar-refractivity contribution < 1.29 is 0 Å². The molecule has 0 radical (unpaired) electrons. The van der Waals surface area contributed by atoms with Crippen LogP contribution in [0.15, 0.2) is 194 Å². The van der Waals surface area contributed by atoms with Gasteiger partial charge in [0.2, 0.25) is 0 Å². The lowest BCUT2D eigenvalue weighted by Gasteiger charge is -2.26. The Morgan fingerprint density at radius 3 is 1.44 bits per heavy atom. The van der Waals surface area contributed by atoms with Crippen molar-refractivity contribution in [1.82, 2.24) is 14.5 Å². The molecule has 0 aliphatic heterocycles. The van der Waals surface area contributed by atoms with Crippen LogP contribution in [0.5, 0.6) is 0 Å². The van der Waals surface area contributed by atoms with Crippen molar-refractivity contribution in [1.29, 1.82) is 0 Å². The number of benzene rings is 7. The highest BCUT2D eigenvalue weighted by Crippen LogP contribution is 2.39. The average Bonchev–Trinajstić information content (AvgIpc) is 3.54. The summed E-state index contributed by atoms with van der Waals surface area (Å²) in [5, 5.41) is 2.51. The van der Waals surface area contributed by atoms with Crippen LogP contribution in [0.1, 0.15) is 0 Å². The largest absolute Gasteiger partial charge is 0.310 e. The number of hydrogen-bond donors (Lipinski definition) is 0. The minimum Gasteiger partial charge on any atom is -0.310 e. The molecular formula is C46H32N4. The van der Waals surface area contributed by atoms with Gasteiger partial charge in [-0.2, -0.15) is 0 Å². The van der Waals surface area contributed by atoms with Crippen molar-refractivity contribution >= 4 is 38.9 Å². The lowest BCUT2D eigenvalue weighted by molar-refractivity contribution is 1.17. The average molecular weight is 641 g/mol. The number of rotatable bonds is 7. The van der Waals surface area contributed by atoms with Crippen LogP contribution < -0.4 is 4.90 Å². The Balaban J connectivity index is 1.15. The summed E-state index contributed by atoms with van der Waals surface area (Å²) in [5.74, 6) is 0. The first kappa shape index (κ1) is 29.4. The number of para-hydroxylation sites is 2. The molecule has 9 aromatic rings. The molecule has 0 aliphatic carbocycles. The summed E-state index contributed by atoms with van der Waals surface area (Å²) in [6.07, 6.45) is 3.51. The summed E-state index contributed by atoms with van der Waals surface area (Å²) in [7, 11) is 0. The predicted molar refractivity (Wildman–Crippen MR) is 207 cm³/mol. The molecule has 0 unspecified atom stereocenters. The molecule has 4 nitrogen and oxygen atoms in total. The second kappa shape index (κ2) is 12.7. The predicted octanol–water partition coefficient (Wildman–Crippen LogP) is 12.0. The lowest BCUT2D eigenvalue weighted by Crippen LogP contribution is -2.10. The zero-order chi connectivity index (χ0) is 33.3. The van der Waals surface area contributed by atoms with Gasteiger partial charge in [-0.05, 0) is 71.8 Å². The van der Waals surface area contributed by atoms with Crippen LogP contribution in [-0.2, 0) is 0 Å². The minimum absolute atomic E-state index is 0.860. The first-order chi connectivity index (χ1) is 24.8. The molecule has 2 aromatic heterocycles. The Labute approximate surface area is 291 Å². The Kier molecular flexibility index (Phi) is 7.45. The fraction of sp³-hybridized carbons (Fsp3) is 0. The van der Waals surface area contributed by atoms with E-state index in [-0.39, 0.29) is 0 Å². The third-order valence-corrected chi connectivity index (χ3v) is 9.30. The third-order valence-electron chi connectivity index (χ3n) is 9.30. The lowest BCUT2D eigenvalue weighted by atomic mass is 10.0. The van der Waals surface area contributed by atoms with Crippen molar-refractivity contribution in [2.45, 2.75) is 0 Å². The van der Waals surface area contributed by atoms with Crippen LogP contribution in [0, 0.1) is 0 Å². The standard InChI is InChI=1S/C46H32N4/c1-3-12-33(13-4-1)36-16-11-17-40(32-36)49(37-24-22-35(23-25-37)46-45(47-30-31-48-46)34-14-5-2-6-15-34)38-26-28-39(29-27-38)50-43-20-9-7-18-41(43)42-19-8-10-21-44(42)50/h1-32H. The van der Waals surface area contributed by atoms with Crippen molar-refractivity contribution in [3.63, 3.8) is 0 Å². The van der Waals surface area contributed by atoms with Crippen LogP contribution in [0.2, 0.25) is 0 Å². The third kappa shape index (κ3) is 5.29. The first-order valence-electron chi connectivity index (χ1n) is 16.8. The van der Waals surface area contributed by atoms with Gasteiger partial charge in [-0.1, -0.05) is 121 Å². The molecule has 7 aromatic carbocycles. The van der Waals surface area contributed by atoms with E-state index < -0.39 is 0 Å².